The molecule has 0 spiro atoms. The molecule has 1 heterocycles. The number of amides is 2. The first-order valence-electron chi connectivity index (χ1n) is 12.4. The predicted molar refractivity (Wildman–Crippen MR) is 133 cm³/mol. The van der Waals surface area contributed by atoms with E-state index in [0.29, 0.717) is 25.8 Å². The number of hydrogen-bond acceptors (Lipinski definition) is 4. The summed E-state index contributed by atoms with van der Waals surface area (Å²) in [6, 6.07) is 15.4. The van der Waals surface area contributed by atoms with Gasteiger partial charge in [-0.15, -0.1) is 0 Å². The normalized spacial score (nSPS) is 20.2. The Morgan fingerprint density at radius 3 is 2.20 bits per heavy atom. The van der Waals surface area contributed by atoms with Crippen LogP contribution in [0.2, 0.25) is 0 Å². The number of hydrogen-bond donors (Lipinski definition) is 2. The maximum absolute atomic E-state index is 13.4. The van der Waals surface area contributed by atoms with Gasteiger partial charge < -0.3 is 20.1 Å². The average molecular weight is 479 g/mol. The van der Waals surface area contributed by atoms with E-state index in [0.717, 1.165) is 22.3 Å². The number of carbonyl (C=O) groups is 3. The lowest BCUT2D eigenvalue weighted by Gasteiger charge is -2.38. The highest BCUT2D eigenvalue weighted by molar-refractivity contribution is 5.86. The summed E-state index contributed by atoms with van der Waals surface area (Å²) in [5, 5.41) is 12.1. The number of nitrogens with zero attached hydrogens (tertiary/aromatic N) is 1. The smallest absolute Gasteiger partial charge is 0.407 e. The van der Waals surface area contributed by atoms with Crippen LogP contribution in [-0.4, -0.2) is 53.2 Å². The number of alkyl carbamates (subject to hydrolysis) is 1. The Morgan fingerprint density at radius 1 is 1.06 bits per heavy atom. The number of nitrogens with one attached hydrogen (secondary N) is 1. The van der Waals surface area contributed by atoms with Crippen LogP contribution in [0.15, 0.2) is 48.5 Å². The highest BCUT2D eigenvalue weighted by atomic mass is 16.5. The van der Waals surface area contributed by atoms with Crippen LogP contribution in [0.25, 0.3) is 11.1 Å². The Kier molecular flexibility index (Phi) is 7.43. The molecule has 2 aromatic rings. The van der Waals surface area contributed by atoms with E-state index in [-0.39, 0.29) is 30.4 Å². The number of carbonyl (C=O) groups excluding carboxylic acids is 2. The Balaban J connectivity index is 1.42. The number of fused-ring (bicyclic) bond motifs is 3. The average Bonchev–Trinajstić information content (AvgIpc) is 3.15. The van der Waals surface area contributed by atoms with Gasteiger partial charge in [-0.2, -0.15) is 0 Å². The third kappa shape index (κ3) is 5.34. The standard InChI is InChI=1S/C28H34N2O5/c1-17(2)14-25(26(31)30-13-12-19(27(32)33)15-18(30)3)29-28(34)35-16-24-22-10-6-4-8-20(22)21-9-5-7-11-23(21)24/h4-11,17-19,24-25H,12-16H2,1-3H3,(H,29,34)(H,32,33)/t18-,19-,25-/m0/s1. The number of ether oxygens (including phenoxy) is 1. The fourth-order valence-corrected chi connectivity index (χ4v) is 5.40. The van der Waals surface area contributed by atoms with Crippen molar-refractivity contribution < 1.29 is 24.2 Å². The summed E-state index contributed by atoms with van der Waals surface area (Å²) in [5.41, 5.74) is 4.57. The third-order valence-electron chi connectivity index (χ3n) is 7.15. The summed E-state index contributed by atoms with van der Waals surface area (Å²) in [6.45, 7) is 6.42. The van der Waals surface area contributed by atoms with Gasteiger partial charge in [0.2, 0.25) is 5.91 Å². The van der Waals surface area contributed by atoms with Crippen molar-refractivity contribution in [2.24, 2.45) is 11.8 Å². The van der Waals surface area contributed by atoms with Crippen LogP contribution in [0, 0.1) is 11.8 Å². The molecular formula is C28H34N2O5. The molecule has 0 saturated carbocycles. The number of carboxylic acids is 1. The lowest BCUT2D eigenvalue weighted by Crippen LogP contribution is -2.54. The van der Waals surface area contributed by atoms with E-state index in [4.69, 9.17) is 4.74 Å². The molecular weight excluding hydrogens is 444 g/mol. The molecule has 3 atom stereocenters. The maximum atomic E-state index is 13.4. The molecule has 2 N–H and O–H groups in total. The molecule has 0 radical (unpaired) electrons. The summed E-state index contributed by atoms with van der Waals surface area (Å²) in [7, 11) is 0. The van der Waals surface area contributed by atoms with Gasteiger partial charge in [-0.3, -0.25) is 9.59 Å². The molecule has 35 heavy (non-hydrogen) atoms. The summed E-state index contributed by atoms with van der Waals surface area (Å²) in [4.78, 5) is 39.3. The van der Waals surface area contributed by atoms with Crippen LogP contribution >= 0.6 is 0 Å². The fraction of sp³-hybridized carbons (Fsp3) is 0.464. The molecule has 2 aliphatic rings. The van der Waals surface area contributed by atoms with Gasteiger partial charge in [0.05, 0.1) is 5.92 Å². The van der Waals surface area contributed by atoms with Crippen molar-refractivity contribution in [1.29, 1.82) is 0 Å². The topological polar surface area (TPSA) is 95.9 Å². The molecule has 186 valence electrons. The summed E-state index contributed by atoms with van der Waals surface area (Å²) < 4.78 is 5.67. The molecule has 1 saturated heterocycles. The zero-order chi connectivity index (χ0) is 25.1. The molecule has 2 aromatic carbocycles. The van der Waals surface area contributed by atoms with E-state index in [1.165, 1.54) is 0 Å². The number of likely N-dealkylation sites (tertiary alicyclic amines) is 1. The first-order chi connectivity index (χ1) is 16.8. The van der Waals surface area contributed by atoms with Crippen molar-refractivity contribution in [2.75, 3.05) is 13.2 Å². The molecule has 0 bridgehead atoms. The highest BCUT2D eigenvalue weighted by Crippen LogP contribution is 2.44. The van der Waals surface area contributed by atoms with Crippen molar-refractivity contribution in [3.8, 4) is 11.1 Å². The predicted octanol–water partition coefficient (Wildman–Crippen LogP) is 4.65. The van der Waals surface area contributed by atoms with Crippen molar-refractivity contribution in [3.63, 3.8) is 0 Å². The second kappa shape index (κ2) is 10.5. The van der Waals surface area contributed by atoms with Crippen LogP contribution in [0.4, 0.5) is 4.79 Å². The van der Waals surface area contributed by atoms with Gasteiger partial charge in [-0.05, 0) is 54.4 Å². The monoisotopic (exact) mass is 478 g/mol. The van der Waals surface area contributed by atoms with Crippen molar-refractivity contribution in [2.45, 2.75) is 58.0 Å². The van der Waals surface area contributed by atoms with Crippen molar-refractivity contribution in [3.05, 3.63) is 59.7 Å². The Bertz CT molecular complexity index is 1050. The Morgan fingerprint density at radius 2 is 1.66 bits per heavy atom. The minimum atomic E-state index is -0.820. The lowest BCUT2D eigenvalue weighted by atomic mass is 9.90. The minimum Gasteiger partial charge on any atom is -0.481 e. The first-order valence-corrected chi connectivity index (χ1v) is 12.4. The van der Waals surface area contributed by atoms with Crippen LogP contribution < -0.4 is 5.32 Å². The largest absolute Gasteiger partial charge is 0.481 e. The van der Waals surface area contributed by atoms with Gasteiger partial charge >= 0.3 is 12.1 Å². The Hall–Kier alpha value is -3.35. The van der Waals surface area contributed by atoms with E-state index >= 15 is 0 Å². The number of benzene rings is 2. The van der Waals surface area contributed by atoms with Crippen LogP contribution in [-0.2, 0) is 14.3 Å². The van der Waals surface area contributed by atoms with Crippen molar-refractivity contribution in [1.82, 2.24) is 10.2 Å². The van der Waals surface area contributed by atoms with Gasteiger partial charge in [-0.25, -0.2) is 4.79 Å². The van der Waals surface area contributed by atoms with Crippen LogP contribution in [0.1, 0.15) is 57.1 Å². The maximum Gasteiger partial charge on any atom is 0.407 e. The van der Waals surface area contributed by atoms with Crippen LogP contribution in [0.5, 0.6) is 0 Å². The van der Waals surface area contributed by atoms with E-state index in [9.17, 15) is 19.5 Å². The number of carboxylic acid groups (broad SMARTS) is 1. The SMILES string of the molecule is CC(C)C[C@H](NC(=O)OCC1c2ccccc2-c2ccccc21)C(=O)N1CC[C@H](C(=O)O)C[C@@H]1C. The number of aliphatic carboxylic acids is 1. The lowest BCUT2D eigenvalue weighted by molar-refractivity contribution is -0.148. The minimum absolute atomic E-state index is 0.0533. The molecule has 1 aliphatic carbocycles. The van der Waals surface area contributed by atoms with Gasteiger partial charge in [0, 0.05) is 18.5 Å². The molecule has 0 aromatic heterocycles. The second-order valence-corrected chi connectivity index (χ2v) is 10.1. The van der Waals surface area contributed by atoms with Gasteiger partial charge in [0.1, 0.15) is 12.6 Å². The molecule has 7 heteroatoms. The third-order valence-corrected chi connectivity index (χ3v) is 7.15. The highest BCUT2D eigenvalue weighted by Gasteiger charge is 2.36. The number of rotatable bonds is 7. The molecule has 7 nitrogen and oxygen atoms in total. The molecule has 4 rings (SSSR count). The summed E-state index contributed by atoms with van der Waals surface area (Å²) in [5.74, 6) is -1.30. The second-order valence-electron chi connectivity index (χ2n) is 10.1. The number of piperidine rings is 1. The summed E-state index contributed by atoms with van der Waals surface area (Å²) in [6.07, 6.45) is 0.707. The van der Waals surface area contributed by atoms with Gasteiger partial charge in [-0.1, -0.05) is 62.4 Å². The quantitative estimate of drug-likeness (QED) is 0.604. The fourth-order valence-electron chi connectivity index (χ4n) is 5.40. The summed E-state index contributed by atoms with van der Waals surface area (Å²) >= 11 is 0. The molecule has 1 fully saturated rings. The molecule has 0 unspecified atom stereocenters. The van der Waals surface area contributed by atoms with Gasteiger partial charge in [0.15, 0.2) is 0 Å². The molecule has 1 aliphatic heterocycles. The Labute approximate surface area is 206 Å². The van der Waals surface area contributed by atoms with E-state index in [2.05, 4.69) is 29.6 Å². The van der Waals surface area contributed by atoms with E-state index < -0.39 is 24.0 Å². The first kappa shape index (κ1) is 24.8. The zero-order valence-corrected chi connectivity index (χ0v) is 20.6. The molecule has 2 amide bonds. The van der Waals surface area contributed by atoms with E-state index in [1.807, 2.05) is 45.0 Å². The zero-order valence-electron chi connectivity index (χ0n) is 20.6. The van der Waals surface area contributed by atoms with Gasteiger partial charge in [0.25, 0.3) is 0 Å². The van der Waals surface area contributed by atoms with E-state index in [1.54, 1.807) is 4.90 Å². The van der Waals surface area contributed by atoms with Crippen LogP contribution in [0.3, 0.4) is 0 Å². The van der Waals surface area contributed by atoms with Crippen molar-refractivity contribution >= 4 is 18.0 Å².